The zero-order chi connectivity index (χ0) is 12.4. The molecular weight excluding hydrogens is 284 g/mol. The number of nitrogens with zero attached hydrogens (tertiary/aromatic N) is 2. The summed E-state index contributed by atoms with van der Waals surface area (Å²) in [5.74, 6) is 0.665. The molecule has 1 aromatic carbocycles. The topological polar surface area (TPSA) is 44.1 Å². The Labute approximate surface area is 108 Å². The molecule has 0 radical (unpaired) electrons. The van der Waals surface area contributed by atoms with Crippen LogP contribution in [-0.2, 0) is 16.1 Å². The number of aromatic nitrogens is 2. The summed E-state index contributed by atoms with van der Waals surface area (Å²) in [7, 11) is 0. The highest BCUT2D eigenvalue weighted by molar-refractivity contribution is 9.10. The highest BCUT2D eigenvalue weighted by Gasteiger charge is 2.07. The van der Waals surface area contributed by atoms with Gasteiger partial charge in [0.1, 0.15) is 12.4 Å². The molecule has 1 heterocycles. The van der Waals surface area contributed by atoms with Crippen molar-refractivity contribution in [2.24, 2.45) is 0 Å². The smallest absolute Gasteiger partial charge is 0.302 e. The Morgan fingerprint density at radius 1 is 1.53 bits per heavy atom. The summed E-state index contributed by atoms with van der Waals surface area (Å²) in [6.07, 6.45) is 0. The molecule has 0 N–H and O–H groups in total. The van der Waals surface area contributed by atoms with E-state index in [2.05, 4.69) is 20.9 Å². The van der Waals surface area contributed by atoms with E-state index in [1.807, 2.05) is 29.7 Å². The number of carbonyl (C=O) groups excluding carboxylic acids is 1. The van der Waals surface area contributed by atoms with Gasteiger partial charge in [-0.2, -0.15) is 0 Å². The largest absolute Gasteiger partial charge is 0.464 e. The average Bonchev–Trinajstić information content (AvgIpc) is 2.55. The monoisotopic (exact) mass is 296 g/mol. The van der Waals surface area contributed by atoms with Crippen LogP contribution in [0.5, 0.6) is 0 Å². The maximum atomic E-state index is 10.7. The van der Waals surface area contributed by atoms with E-state index in [-0.39, 0.29) is 5.97 Å². The number of rotatable bonds is 3. The lowest BCUT2D eigenvalue weighted by Gasteiger charge is -2.06. The zero-order valence-electron chi connectivity index (χ0n) is 9.74. The van der Waals surface area contributed by atoms with Crippen molar-refractivity contribution in [2.45, 2.75) is 20.4 Å². The third kappa shape index (κ3) is 2.66. The number of aryl methyl sites for hydroxylation is 1. The minimum atomic E-state index is -0.256. The standard InChI is InChI=1S/C12H13BrN2O2/c1-8-14-11-4-3-10(13)7-12(11)15(8)5-6-17-9(2)16/h3-4,7H,5-6H2,1-2H3. The number of fused-ring (bicyclic) bond motifs is 1. The zero-order valence-corrected chi connectivity index (χ0v) is 11.3. The summed E-state index contributed by atoms with van der Waals surface area (Å²) in [6.45, 7) is 4.35. The minimum absolute atomic E-state index is 0.256. The molecular formula is C12H13BrN2O2. The van der Waals surface area contributed by atoms with Crippen LogP contribution in [0.4, 0.5) is 0 Å². The number of hydrogen-bond donors (Lipinski definition) is 0. The molecule has 5 heteroatoms. The fourth-order valence-corrected chi connectivity index (χ4v) is 2.13. The average molecular weight is 297 g/mol. The molecule has 0 aliphatic heterocycles. The normalized spacial score (nSPS) is 10.8. The molecule has 0 aliphatic rings. The third-order valence-corrected chi connectivity index (χ3v) is 3.01. The van der Waals surface area contributed by atoms with Crippen LogP contribution in [0.25, 0.3) is 11.0 Å². The van der Waals surface area contributed by atoms with Crippen molar-refractivity contribution in [1.82, 2.24) is 9.55 Å². The van der Waals surface area contributed by atoms with Crippen LogP contribution in [0, 0.1) is 6.92 Å². The first-order chi connectivity index (χ1) is 8.08. The van der Waals surface area contributed by atoms with Gasteiger partial charge < -0.3 is 9.30 Å². The van der Waals surface area contributed by atoms with Gasteiger partial charge in [-0.05, 0) is 25.1 Å². The lowest BCUT2D eigenvalue weighted by molar-refractivity contribution is -0.141. The molecule has 0 aliphatic carbocycles. The molecule has 0 unspecified atom stereocenters. The Bertz CT molecular complexity index is 563. The van der Waals surface area contributed by atoms with Crippen LogP contribution >= 0.6 is 15.9 Å². The lowest BCUT2D eigenvalue weighted by Crippen LogP contribution is -2.09. The van der Waals surface area contributed by atoms with Crippen molar-refractivity contribution in [3.05, 3.63) is 28.5 Å². The van der Waals surface area contributed by atoms with Crippen LogP contribution in [-0.4, -0.2) is 22.1 Å². The van der Waals surface area contributed by atoms with Gasteiger partial charge in [0.05, 0.1) is 17.6 Å². The molecule has 4 nitrogen and oxygen atoms in total. The molecule has 0 saturated heterocycles. The van der Waals surface area contributed by atoms with Crippen LogP contribution < -0.4 is 0 Å². The third-order valence-electron chi connectivity index (χ3n) is 2.52. The van der Waals surface area contributed by atoms with Crippen LogP contribution in [0.3, 0.4) is 0 Å². The van der Waals surface area contributed by atoms with Crippen molar-refractivity contribution in [3.8, 4) is 0 Å². The van der Waals surface area contributed by atoms with E-state index in [0.717, 1.165) is 21.3 Å². The van der Waals surface area contributed by atoms with E-state index < -0.39 is 0 Å². The van der Waals surface area contributed by atoms with Gasteiger partial charge >= 0.3 is 5.97 Å². The van der Waals surface area contributed by atoms with Gasteiger partial charge in [0.25, 0.3) is 0 Å². The molecule has 2 aromatic rings. The highest BCUT2D eigenvalue weighted by Crippen LogP contribution is 2.20. The Hall–Kier alpha value is -1.36. The summed E-state index contributed by atoms with van der Waals surface area (Å²) in [6, 6.07) is 5.95. The van der Waals surface area contributed by atoms with Crippen molar-refractivity contribution >= 4 is 32.9 Å². The Morgan fingerprint density at radius 2 is 2.29 bits per heavy atom. The van der Waals surface area contributed by atoms with E-state index in [0.29, 0.717) is 13.2 Å². The molecule has 0 amide bonds. The molecule has 0 spiro atoms. The first-order valence-corrected chi connectivity index (χ1v) is 6.13. The van der Waals surface area contributed by atoms with Gasteiger partial charge in [-0.1, -0.05) is 15.9 Å². The number of ether oxygens (including phenoxy) is 1. The second kappa shape index (κ2) is 4.87. The van der Waals surface area contributed by atoms with E-state index in [9.17, 15) is 4.79 Å². The number of hydrogen-bond acceptors (Lipinski definition) is 3. The second-order valence-electron chi connectivity index (χ2n) is 3.78. The summed E-state index contributed by atoms with van der Waals surface area (Å²) in [4.78, 5) is 15.2. The molecule has 17 heavy (non-hydrogen) atoms. The van der Waals surface area contributed by atoms with E-state index in [4.69, 9.17) is 4.74 Å². The summed E-state index contributed by atoms with van der Waals surface area (Å²) in [5.41, 5.74) is 2.00. The number of esters is 1. The van der Waals surface area contributed by atoms with Gasteiger partial charge in [-0.15, -0.1) is 0 Å². The Balaban J connectivity index is 2.28. The molecule has 0 bridgehead atoms. The summed E-state index contributed by atoms with van der Waals surface area (Å²) < 4.78 is 8.01. The van der Waals surface area contributed by atoms with Crippen LogP contribution in [0.2, 0.25) is 0 Å². The van der Waals surface area contributed by atoms with Crippen molar-refractivity contribution < 1.29 is 9.53 Å². The highest BCUT2D eigenvalue weighted by atomic mass is 79.9. The van der Waals surface area contributed by atoms with Crippen LogP contribution in [0.1, 0.15) is 12.7 Å². The van der Waals surface area contributed by atoms with E-state index in [1.54, 1.807) is 0 Å². The summed E-state index contributed by atoms with van der Waals surface area (Å²) >= 11 is 3.44. The second-order valence-corrected chi connectivity index (χ2v) is 4.70. The molecule has 0 saturated carbocycles. The maximum Gasteiger partial charge on any atom is 0.302 e. The number of halogens is 1. The Kier molecular flexibility index (Phi) is 3.47. The van der Waals surface area contributed by atoms with E-state index in [1.165, 1.54) is 6.92 Å². The van der Waals surface area contributed by atoms with Gasteiger partial charge in [0, 0.05) is 11.4 Å². The van der Waals surface area contributed by atoms with Crippen molar-refractivity contribution in [3.63, 3.8) is 0 Å². The molecule has 0 atom stereocenters. The van der Waals surface area contributed by atoms with E-state index >= 15 is 0 Å². The summed E-state index contributed by atoms with van der Waals surface area (Å²) in [5, 5.41) is 0. The van der Waals surface area contributed by atoms with Crippen molar-refractivity contribution in [2.75, 3.05) is 6.61 Å². The first kappa shape index (κ1) is 12.1. The molecule has 1 aromatic heterocycles. The van der Waals surface area contributed by atoms with Crippen molar-refractivity contribution in [1.29, 1.82) is 0 Å². The fourth-order valence-electron chi connectivity index (χ4n) is 1.78. The predicted molar refractivity (Wildman–Crippen MR) is 68.8 cm³/mol. The predicted octanol–water partition coefficient (Wildman–Crippen LogP) is 2.67. The van der Waals surface area contributed by atoms with Gasteiger partial charge in [-0.25, -0.2) is 4.98 Å². The minimum Gasteiger partial charge on any atom is -0.464 e. The van der Waals surface area contributed by atoms with Gasteiger partial charge in [-0.3, -0.25) is 4.79 Å². The Morgan fingerprint density at radius 3 is 3.00 bits per heavy atom. The van der Waals surface area contributed by atoms with Gasteiger partial charge in [0.15, 0.2) is 0 Å². The SMILES string of the molecule is CC(=O)OCCn1c(C)nc2ccc(Br)cc21. The lowest BCUT2D eigenvalue weighted by atomic mass is 10.3. The van der Waals surface area contributed by atoms with Gasteiger partial charge in [0.2, 0.25) is 0 Å². The quantitative estimate of drug-likeness (QED) is 0.818. The van der Waals surface area contributed by atoms with Crippen LogP contribution in [0.15, 0.2) is 22.7 Å². The fraction of sp³-hybridized carbons (Fsp3) is 0.333. The molecule has 2 rings (SSSR count). The number of benzene rings is 1. The molecule has 90 valence electrons. The number of carbonyl (C=O) groups is 1. The first-order valence-electron chi connectivity index (χ1n) is 5.33. The molecule has 0 fully saturated rings. The maximum absolute atomic E-state index is 10.7. The number of imidazole rings is 1.